The van der Waals surface area contributed by atoms with Gasteiger partial charge >= 0.3 is 0 Å². The average molecular weight is 409 g/mol. The summed E-state index contributed by atoms with van der Waals surface area (Å²) in [5, 5.41) is 12.4. The highest BCUT2D eigenvalue weighted by atomic mass is 32.1. The van der Waals surface area contributed by atoms with Crippen molar-refractivity contribution in [1.29, 1.82) is 0 Å². The lowest BCUT2D eigenvalue weighted by Crippen LogP contribution is -2.22. The summed E-state index contributed by atoms with van der Waals surface area (Å²) in [6, 6.07) is 15.8. The molecule has 0 aliphatic carbocycles. The minimum Gasteiger partial charge on any atom is -0.310 e. The fourth-order valence-corrected chi connectivity index (χ4v) is 4.65. The van der Waals surface area contributed by atoms with Crippen molar-refractivity contribution < 1.29 is 4.79 Å². The van der Waals surface area contributed by atoms with E-state index in [4.69, 9.17) is 4.98 Å². The second-order valence-corrected chi connectivity index (χ2v) is 8.22. The van der Waals surface area contributed by atoms with Crippen LogP contribution in [0.15, 0.2) is 59.3 Å². The summed E-state index contributed by atoms with van der Waals surface area (Å²) in [5.41, 5.74) is 2.77. The minimum absolute atomic E-state index is 0.0371. The van der Waals surface area contributed by atoms with E-state index in [1.807, 2.05) is 73.1 Å². The Bertz CT molecular complexity index is 1070. The maximum atomic E-state index is 13.0. The van der Waals surface area contributed by atoms with E-state index in [1.54, 1.807) is 16.0 Å². The van der Waals surface area contributed by atoms with Crippen LogP contribution in [0.3, 0.4) is 0 Å². The van der Waals surface area contributed by atoms with Gasteiger partial charge in [0, 0.05) is 11.4 Å². The van der Waals surface area contributed by atoms with Crippen molar-refractivity contribution in [2.24, 2.45) is 0 Å². The molecule has 142 valence electrons. The van der Waals surface area contributed by atoms with E-state index >= 15 is 0 Å². The molecule has 1 amide bonds. The number of aromatic nitrogens is 3. The third kappa shape index (κ3) is 3.76. The summed E-state index contributed by atoms with van der Waals surface area (Å²) >= 11 is 3.16. The van der Waals surface area contributed by atoms with Crippen molar-refractivity contribution in [3.8, 4) is 15.7 Å². The summed E-state index contributed by atoms with van der Waals surface area (Å²) < 4.78 is 1.72. The predicted octanol–water partition coefficient (Wildman–Crippen LogP) is 5.50. The van der Waals surface area contributed by atoms with Crippen LogP contribution in [0.5, 0.6) is 0 Å². The van der Waals surface area contributed by atoms with E-state index < -0.39 is 0 Å². The van der Waals surface area contributed by atoms with Gasteiger partial charge in [-0.1, -0.05) is 43.3 Å². The highest BCUT2D eigenvalue weighted by molar-refractivity contribution is 7.15. The number of nitrogens with one attached hydrogen (secondary N) is 1. The van der Waals surface area contributed by atoms with Crippen LogP contribution in [0.25, 0.3) is 15.7 Å². The molecule has 1 unspecified atom stereocenters. The van der Waals surface area contributed by atoms with Crippen LogP contribution in [0.1, 0.15) is 30.5 Å². The van der Waals surface area contributed by atoms with Crippen LogP contribution in [0.2, 0.25) is 0 Å². The molecule has 3 heterocycles. The van der Waals surface area contributed by atoms with E-state index in [1.165, 1.54) is 11.3 Å². The number of nitrogens with zero attached hydrogens (tertiary/aromatic N) is 3. The summed E-state index contributed by atoms with van der Waals surface area (Å²) in [5.74, 6) is 0.400. The predicted molar refractivity (Wildman–Crippen MR) is 115 cm³/mol. The van der Waals surface area contributed by atoms with Gasteiger partial charge in [-0.15, -0.1) is 22.7 Å². The van der Waals surface area contributed by atoms with Gasteiger partial charge in [0.1, 0.15) is 5.82 Å². The molecule has 0 spiro atoms. The Labute approximate surface area is 171 Å². The lowest BCUT2D eigenvalue weighted by molar-refractivity contribution is -0.117. The number of aryl methyl sites for hydroxylation is 1. The van der Waals surface area contributed by atoms with Crippen molar-refractivity contribution in [3.63, 3.8) is 0 Å². The largest absolute Gasteiger partial charge is 0.310 e. The molecule has 4 aromatic rings. The molecular weight excluding hydrogens is 388 g/mol. The first kappa shape index (κ1) is 18.6. The number of thiophene rings is 1. The molecule has 0 bridgehead atoms. The molecule has 1 N–H and O–H groups in total. The van der Waals surface area contributed by atoms with Gasteiger partial charge in [-0.3, -0.25) is 4.79 Å². The summed E-state index contributed by atoms with van der Waals surface area (Å²) in [6.07, 6.45) is 0.725. The van der Waals surface area contributed by atoms with E-state index in [9.17, 15) is 4.79 Å². The molecule has 3 aromatic heterocycles. The number of thiazole rings is 1. The molecule has 1 aromatic carbocycles. The SMILES string of the molecule is CCC(C(=O)Nc1cc(C)nn1-c1nc(-c2cccs2)cs1)c1ccccc1. The van der Waals surface area contributed by atoms with Gasteiger partial charge in [0.05, 0.1) is 22.2 Å². The number of rotatable bonds is 6. The summed E-state index contributed by atoms with van der Waals surface area (Å²) in [4.78, 5) is 18.8. The third-order valence-corrected chi connectivity index (χ3v) is 6.16. The second-order valence-electron chi connectivity index (χ2n) is 6.44. The van der Waals surface area contributed by atoms with Crippen LogP contribution in [0.4, 0.5) is 5.82 Å². The van der Waals surface area contributed by atoms with Crippen LogP contribution < -0.4 is 5.32 Å². The Morgan fingerprint density at radius 3 is 2.71 bits per heavy atom. The van der Waals surface area contributed by atoms with E-state index in [0.717, 1.165) is 33.4 Å². The molecule has 0 fully saturated rings. The zero-order valence-electron chi connectivity index (χ0n) is 15.6. The third-order valence-electron chi connectivity index (χ3n) is 4.46. The first-order valence-electron chi connectivity index (χ1n) is 9.08. The second kappa shape index (κ2) is 8.08. The van der Waals surface area contributed by atoms with Crippen molar-refractivity contribution in [3.05, 3.63) is 70.5 Å². The monoisotopic (exact) mass is 408 g/mol. The molecule has 1 atom stereocenters. The highest BCUT2D eigenvalue weighted by Crippen LogP contribution is 2.29. The van der Waals surface area contributed by atoms with E-state index in [-0.39, 0.29) is 11.8 Å². The topological polar surface area (TPSA) is 59.8 Å². The van der Waals surface area contributed by atoms with E-state index in [2.05, 4.69) is 10.4 Å². The first-order chi connectivity index (χ1) is 13.7. The van der Waals surface area contributed by atoms with Crippen molar-refractivity contribution in [2.45, 2.75) is 26.2 Å². The number of carbonyl (C=O) groups excluding carboxylic acids is 1. The average Bonchev–Trinajstić information content (AvgIpc) is 3.43. The summed E-state index contributed by atoms with van der Waals surface area (Å²) in [6.45, 7) is 3.93. The zero-order chi connectivity index (χ0) is 19.5. The van der Waals surface area contributed by atoms with Gasteiger partial charge in [-0.2, -0.15) is 9.78 Å². The van der Waals surface area contributed by atoms with Crippen molar-refractivity contribution in [2.75, 3.05) is 5.32 Å². The number of hydrogen-bond acceptors (Lipinski definition) is 5. The lowest BCUT2D eigenvalue weighted by atomic mass is 9.96. The van der Waals surface area contributed by atoms with Gasteiger partial charge in [0.2, 0.25) is 11.0 Å². The van der Waals surface area contributed by atoms with Crippen molar-refractivity contribution >= 4 is 34.4 Å². The van der Waals surface area contributed by atoms with Gasteiger partial charge in [-0.05, 0) is 30.4 Å². The Kier molecular flexibility index (Phi) is 5.36. The molecular formula is C21H20N4OS2. The Morgan fingerprint density at radius 2 is 2.00 bits per heavy atom. The Hall–Kier alpha value is -2.77. The van der Waals surface area contributed by atoms with Gasteiger partial charge in [-0.25, -0.2) is 4.98 Å². The van der Waals surface area contributed by atoms with Crippen LogP contribution in [-0.2, 0) is 4.79 Å². The van der Waals surface area contributed by atoms with Gasteiger partial charge in [0.15, 0.2) is 0 Å². The maximum Gasteiger partial charge on any atom is 0.233 e. The van der Waals surface area contributed by atoms with Crippen LogP contribution in [-0.4, -0.2) is 20.7 Å². The standard InChI is InChI=1S/C21H20N4OS2/c1-3-16(15-8-5-4-6-9-15)20(26)23-19-12-14(2)24-25(19)21-22-17(13-28-21)18-10-7-11-27-18/h4-13,16H,3H2,1-2H3,(H,23,26). The normalized spacial score (nSPS) is 12.1. The molecule has 0 aliphatic heterocycles. The molecule has 0 saturated heterocycles. The van der Waals surface area contributed by atoms with Gasteiger partial charge in [0.25, 0.3) is 0 Å². The fourth-order valence-electron chi connectivity index (χ4n) is 3.10. The molecule has 0 aliphatic rings. The molecule has 7 heteroatoms. The maximum absolute atomic E-state index is 13.0. The quantitative estimate of drug-likeness (QED) is 0.458. The molecule has 0 saturated carbocycles. The molecule has 0 radical (unpaired) electrons. The number of amides is 1. The Morgan fingerprint density at radius 1 is 1.18 bits per heavy atom. The highest BCUT2D eigenvalue weighted by Gasteiger charge is 2.21. The molecule has 4 rings (SSSR count). The molecule has 28 heavy (non-hydrogen) atoms. The number of carbonyl (C=O) groups is 1. The smallest absolute Gasteiger partial charge is 0.233 e. The number of anilines is 1. The minimum atomic E-state index is -0.206. The summed E-state index contributed by atoms with van der Waals surface area (Å²) in [7, 11) is 0. The van der Waals surface area contributed by atoms with Crippen LogP contribution >= 0.6 is 22.7 Å². The molecule has 5 nitrogen and oxygen atoms in total. The lowest BCUT2D eigenvalue weighted by Gasteiger charge is -2.15. The Balaban J connectivity index is 1.60. The van der Waals surface area contributed by atoms with E-state index in [0.29, 0.717) is 5.82 Å². The van der Waals surface area contributed by atoms with Crippen molar-refractivity contribution in [1.82, 2.24) is 14.8 Å². The van der Waals surface area contributed by atoms with Gasteiger partial charge < -0.3 is 5.32 Å². The zero-order valence-corrected chi connectivity index (χ0v) is 17.3. The fraction of sp³-hybridized carbons (Fsp3) is 0.190. The first-order valence-corrected chi connectivity index (χ1v) is 10.8. The number of hydrogen-bond donors (Lipinski definition) is 1. The van der Waals surface area contributed by atoms with Crippen LogP contribution in [0, 0.1) is 6.92 Å². The number of benzene rings is 1.